The molecular formula is C17H17ClN2O4. The molecule has 0 atom stereocenters. The largest absolute Gasteiger partial charge is 0.496 e. The van der Waals surface area contributed by atoms with Crippen molar-refractivity contribution in [3.8, 4) is 11.5 Å². The van der Waals surface area contributed by atoms with Crippen LogP contribution in [0.2, 0.25) is 5.02 Å². The molecule has 6 nitrogen and oxygen atoms in total. The Labute approximate surface area is 144 Å². The molecule has 2 amide bonds. The van der Waals surface area contributed by atoms with Gasteiger partial charge in [-0.15, -0.1) is 0 Å². The zero-order valence-corrected chi connectivity index (χ0v) is 14.2. The van der Waals surface area contributed by atoms with Gasteiger partial charge in [0.15, 0.2) is 0 Å². The van der Waals surface area contributed by atoms with Crippen LogP contribution in [0, 0.1) is 6.92 Å². The molecule has 0 aliphatic carbocycles. The average molecular weight is 349 g/mol. The predicted octanol–water partition coefficient (Wildman–Crippen LogP) is 2.74. The number of nitrogens with one attached hydrogen (secondary N) is 2. The average Bonchev–Trinajstić information content (AvgIpc) is 2.59. The quantitative estimate of drug-likeness (QED) is 0.833. The molecule has 0 heterocycles. The minimum absolute atomic E-state index is 0.210. The summed E-state index contributed by atoms with van der Waals surface area (Å²) in [5, 5.41) is 0.382. The predicted molar refractivity (Wildman–Crippen MR) is 90.7 cm³/mol. The van der Waals surface area contributed by atoms with Crippen molar-refractivity contribution in [1.82, 2.24) is 10.9 Å². The van der Waals surface area contributed by atoms with Crippen molar-refractivity contribution in [3.05, 3.63) is 58.1 Å². The van der Waals surface area contributed by atoms with Gasteiger partial charge in [-0.2, -0.15) is 0 Å². The SMILES string of the molecule is COc1ccc(C)cc1C(=O)NNC(=O)c1cc(Cl)ccc1OC. The number of halogens is 1. The van der Waals surface area contributed by atoms with Crippen molar-refractivity contribution in [2.24, 2.45) is 0 Å². The fourth-order valence-electron chi connectivity index (χ4n) is 2.11. The first-order valence-electron chi connectivity index (χ1n) is 7.05. The highest BCUT2D eigenvalue weighted by Crippen LogP contribution is 2.22. The molecule has 0 radical (unpaired) electrons. The summed E-state index contributed by atoms with van der Waals surface area (Å²) in [6.07, 6.45) is 0. The number of benzene rings is 2. The maximum Gasteiger partial charge on any atom is 0.273 e. The van der Waals surface area contributed by atoms with Crippen LogP contribution in [-0.2, 0) is 0 Å². The van der Waals surface area contributed by atoms with E-state index in [4.69, 9.17) is 21.1 Å². The van der Waals surface area contributed by atoms with Crippen molar-refractivity contribution in [2.45, 2.75) is 6.92 Å². The molecule has 2 rings (SSSR count). The number of rotatable bonds is 4. The third-order valence-corrected chi connectivity index (χ3v) is 3.53. The van der Waals surface area contributed by atoms with E-state index in [-0.39, 0.29) is 5.56 Å². The number of hydrogen-bond donors (Lipinski definition) is 2. The molecule has 0 aliphatic rings. The van der Waals surface area contributed by atoms with Gasteiger partial charge < -0.3 is 9.47 Å². The lowest BCUT2D eigenvalue weighted by atomic mass is 10.1. The summed E-state index contributed by atoms with van der Waals surface area (Å²) in [6, 6.07) is 9.81. The van der Waals surface area contributed by atoms with E-state index in [1.54, 1.807) is 24.3 Å². The number of hydrogen-bond acceptors (Lipinski definition) is 4. The lowest BCUT2D eigenvalue weighted by molar-refractivity contribution is 0.0843. The molecule has 2 aromatic carbocycles. The monoisotopic (exact) mass is 348 g/mol. The molecule has 126 valence electrons. The fourth-order valence-corrected chi connectivity index (χ4v) is 2.28. The van der Waals surface area contributed by atoms with E-state index in [9.17, 15) is 9.59 Å². The molecular weight excluding hydrogens is 332 g/mol. The lowest BCUT2D eigenvalue weighted by Gasteiger charge is -2.12. The Morgan fingerprint density at radius 1 is 0.875 bits per heavy atom. The zero-order chi connectivity index (χ0) is 17.7. The number of carbonyl (C=O) groups is 2. The topological polar surface area (TPSA) is 76.7 Å². The van der Waals surface area contributed by atoms with Gasteiger partial charge in [-0.05, 0) is 37.3 Å². The van der Waals surface area contributed by atoms with Crippen LogP contribution in [0.25, 0.3) is 0 Å². The fraction of sp³-hybridized carbons (Fsp3) is 0.176. The van der Waals surface area contributed by atoms with E-state index in [1.165, 1.54) is 20.3 Å². The van der Waals surface area contributed by atoms with Crippen LogP contribution in [0.5, 0.6) is 11.5 Å². The van der Waals surface area contributed by atoms with Crippen LogP contribution in [-0.4, -0.2) is 26.0 Å². The van der Waals surface area contributed by atoms with Gasteiger partial charge in [0, 0.05) is 5.02 Å². The van der Waals surface area contributed by atoms with Gasteiger partial charge in [-0.25, -0.2) is 0 Å². The number of carbonyl (C=O) groups excluding carboxylic acids is 2. The smallest absolute Gasteiger partial charge is 0.273 e. The number of amides is 2. The van der Waals surface area contributed by atoms with Gasteiger partial charge in [0.2, 0.25) is 0 Å². The lowest BCUT2D eigenvalue weighted by Crippen LogP contribution is -2.41. The van der Waals surface area contributed by atoms with Crippen LogP contribution >= 0.6 is 11.6 Å². The van der Waals surface area contributed by atoms with Crippen LogP contribution < -0.4 is 20.3 Å². The molecule has 7 heteroatoms. The molecule has 0 fully saturated rings. The van der Waals surface area contributed by atoms with E-state index in [1.807, 2.05) is 13.0 Å². The minimum atomic E-state index is -0.547. The Balaban J connectivity index is 2.13. The molecule has 0 spiro atoms. The van der Waals surface area contributed by atoms with E-state index in [0.717, 1.165) is 5.56 Å². The van der Waals surface area contributed by atoms with Gasteiger partial charge in [-0.3, -0.25) is 20.4 Å². The number of ether oxygens (including phenoxy) is 2. The van der Waals surface area contributed by atoms with Gasteiger partial charge in [0.05, 0.1) is 25.3 Å². The van der Waals surface area contributed by atoms with E-state index in [2.05, 4.69) is 10.9 Å². The maximum atomic E-state index is 12.3. The second kappa shape index (κ2) is 7.70. The summed E-state index contributed by atoms with van der Waals surface area (Å²) in [5.74, 6) is -0.286. The normalized spacial score (nSPS) is 10.0. The summed E-state index contributed by atoms with van der Waals surface area (Å²) < 4.78 is 10.3. The van der Waals surface area contributed by atoms with Gasteiger partial charge in [-0.1, -0.05) is 23.2 Å². The Bertz CT molecular complexity index is 712. The van der Waals surface area contributed by atoms with E-state index >= 15 is 0 Å². The summed E-state index contributed by atoms with van der Waals surface area (Å²) in [5.41, 5.74) is 6.11. The van der Waals surface area contributed by atoms with Crippen molar-refractivity contribution in [3.63, 3.8) is 0 Å². The molecule has 0 saturated carbocycles. The van der Waals surface area contributed by atoms with Crippen molar-refractivity contribution < 1.29 is 19.1 Å². The number of hydrazine groups is 1. The summed E-state index contributed by atoms with van der Waals surface area (Å²) in [6.45, 7) is 1.85. The van der Waals surface area contributed by atoms with Crippen LogP contribution in [0.15, 0.2) is 36.4 Å². The molecule has 2 aromatic rings. The zero-order valence-electron chi connectivity index (χ0n) is 13.5. The first-order chi connectivity index (χ1) is 11.5. The Morgan fingerprint density at radius 2 is 1.38 bits per heavy atom. The van der Waals surface area contributed by atoms with Gasteiger partial charge in [0.25, 0.3) is 11.8 Å². The van der Waals surface area contributed by atoms with Gasteiger partial charge >= 0.3 is 0 Å². The Morgan fingerprint density at radius 3 is 1.92 bits per heavy atom. The van der Waals surface area contributed by atoms with Crippen LogP contribution in [0.1, 0.15) is 26.3 Å². The van der Waals surface area contributed by atoms with E-state index < -0.39 is 11.8 Å². The highest BCUT2D eigenvalue weighted by Gasteiger charge is 2.16. The summed E-state index contributed by atoms with van der Waals surface area (Å²) in [7, 11) is 2.91. The molecule has 24 heavy (non-hydrogen) atoms. The molecule has 0 unspecified atom stereocenters. The standard InChI is InChI=1S/C17H17ClN2O4/c1-10-4-6-14(23-2)12(8-10)16(21)19-20-17(22)13-9-11(18)5-7-15(13)24-3/h4-9H,1-3H3,(H,19,21)(H,20,22). The number of methoxy groups -OCH3 is 2. The van der Waals surface area contributed by atoms with Crippen LogP contribution in [0.4, 0.5) is 0 Å². The first-order valence-corrected chi connectivity index (χ1v) is 7.43. The second-order valence-corrected chi connectivity index (χ2v) is 5.39. The Hall–Kier alpha value is -2.73. The summed E-state index contributed by atoms with van der Waals surface area (Å²) >= 11 is 5.89. The molecule has 0 aliphatic heterocycles. The molecule has 0 bridgehead atoms. The van der Waals surface area contributed by atoms with E-state index in [0.29, 0.717) is 22.1 Å². The highest BCUT2D eigenvalue weighted by atomic mass is 35.5. The molecule has 0 saturated heterocycles. The number of aryl methyl sites for hydroxylation is 1. The first kappa shape index (κ1) is 17.6. The van der Waals surface area contributed by atoms with Crippen molar-refractivity contribution in [1.29, 1.82) is 0 Å². The van der Waals surface area contributed by atoms with Crippen molar-refractivity contribution in [2.75, 3.05) is 14.2 Å². The molecule has 0 aromatic heterocycles. The minimum Gasteiger partial charge on any atom is -0.496 e. The third-order valence-electron chi connectivity index (χ3n) is 3.30. The molecule has 2 N–H and O–H groups in total. The highest BCUT2D eigenvalue weighted by molar-refractivity contribution is 6.31. The van der Waals surface area contributed by atoms with Crippen LogP contribution in [0.3, 0.4) is 0 Å². The Kier molecular flexibility index (Phi) is 5.65. The van der Waals surface area contributed by atoms with Gasteiger partial charge in [0.1, 0.15) is 11.5 Å². The van der Waals surface area contributed by atoms with Crippen molar-refractivity contribution >= 4 is 23.4 Å². The second-order valence-electron chi connectivity index (χ2n) is 4.96. The maximum absolute atomic E-state index is 12.3. The third kappa shape index (κ3) is 3.97. The summed E-state index contributed by atoms with van der Waals surface area (Å²) in [4.78, 5) is 24.5.